The maximum absolute atomic E-state index is 14.3. The summed E-state index contributed by atoms with van der Waals surface area (Å²) in [6.45, 7) is 3.28. The van der Waals surface area contributed by atoms with E-state index in [2.05, 4.69) is 4.90 Å². The molecule has 5 nitrogen and oxygen atoms in total. The Morgan fingerprint density at radius 2 is 1.36 bits per heavy atom. The molecule has 2 aliphatic heterocycles. The Labute approximate surface area is 129 Å². The fourth-order valence-electron chi connectivity index (χ4n) is 3.45. The number of benzene rings is 1. The molecular formula is C16H22FN3O2. The molecule has 0 amide bonds. The lowest BCUT2D eigenvalue weighted by Gasteiger charge is -2.25. The van der Waals surface area contributed by atoms with Crippen LogP contribution in [0.15, 0.2) is 12.1 Å². The lowest BCUT2D eigenvalue weighted by Crippen LogP contribution is -2.26. The second-order valence-corrected chi connectivity index (χ2v) is 6.14. The first kappa shape index (κ1) is 15.1. The van der Waals surface area contributed by atoms with Crippen molar-refractivity contribution in [3.63, 3.8) is 0 Å². The van der Waals surface area contributed by atoms with Crippen LogP contribution < -0.4 is 9.80 Å². The lowest BCUT2D eigenvalue weighted by atomic mass is 10.2. The molecule has 3 rings (SSSR count). The highest BCUT2D eigenvalue weighted by atomic mass is 19.1. The van der Waals surface area contributed by atoms with Crippen molar-refractivity contribution in [3.8, 4) is 0 Å². The molecule has 22 heavy (non-hydrogen) atoms. The molecule has 1 aromatic carbocycles. The zero-order valence-corrected chi connectivity index (χ0v) is 12.8. The molecule has 0 spiro atoms. The summed E-state index contributed by atoms with van der Waals surface area (Å²) in [7, 11) is 0. The van der Waals surface area contributed by atoms with Gasteiger partial charge in [0.15, 0.2) is 5.82 Å². The summed E-state index contributed by atoms with van der Waals surface area (Å²) in [6, 6.07) is 2.80. The van der Waals surface area contributed by atoms with Crippen molar-refractivity contribution in [2.45, 2.75) is 38.5 Å². The average molecular weight is 307 g/mol. The minimum Gasteiger partial charge on any atom is -0.369 e. The van der Waals surface area contributed by atoms with Crippen LogP contribution in [0.25, 0.3) is 0 Å². The second kappa shape index (κ2) is 6.50. The normalized spacial score (nSPS) is 19.3. The van der Waals surface area contributed by atoms with Crippen LogP contribution in [0, 0.1) is 15.9 Å². The number of hydrogen-bond acceptors (Lipinski definition) is 4. The molecule has 2 fully saturated rings. The van der Waals surface area contributed by atoms with Crippen molar-refractivity contribution >= 4 is 17.1 Å². The van der Waals surface area contributed by atoms with Crippen molar-refractivity contribution in [2.75, 3.05) is 36.0 Å². The van der Waals surface area contributed by atoms with Gasteiger partial charge in [-0.2, -0.15) is 0 Å². The van der Waals surface area contributed by atoms with Gasteiger partial charge in [0.1, 0.15) is 5.69 Å². The summed E-state index contributed by atoms with van der Waals surface area (Å²) in [4.78, 5) is 14.9. The van der Waals surface area contributed by atoms with Gasteiger partial charge in [-0.05, 0) is 31.7 Å². The minimum atomic E-state index is -0.479. The van der Waals surface area contributed by atoms with Gasteiger partial charge < -0.3 is 9.80 Å². The monoisotopic (exact) mass is 307 g/mol. The summed E-state index contributed by atoms with van der Waals surface area (Å²) < 4.78 is 14.3. The van der Waals surface area contributed by atoms with E-state index in [1.165, 1.54) is 0 Å². The highest BCUT2D eigenvalue weighted by molar-refractivity contribution is 5.71. The van der Waals surface area contributed by atoms with Crippen molar-refractivity contribution in [1.29, 1.82) is 0 Å². The molecule has 0 radical (unpaired) electrons. The molecule has 2 saturated heterocycles. The van der Waals surface area contributed by atoms with E-state index in [4.69, 9.17) is 0 Å². The molecule has 2 heterocycles. The van der Waals surface area contributed by atoms with Crippen LogP contribution in [0.3, 0.4) is 0 Å². The largest absolute Gasteiger partial charge is 0.369 e. The topological polar surface area (TPSA) is 49.6 Å². The molecule has 0 aromatic heterocycles. The van der Waals surface area contributed by atoms with Crippen molar-refractivity contribution in [2.24, 2.45) is 0 Å². The van der Waals surface area contributed by atoms with Crippen LogP contribution >= 0.6 is 0 Å². The Bertz CT molecular complexity index is 551. The van der Waals surface area contributed by atoms with Gasteiger partial charge in [-0.25, -0.2) is 4.39 Å². The molecule has 6 heteroatoms. The molecule has 120 valence electrons. The molecule has 0 aliphatic carbocycles. The number of nitro benzene ring substituents is 1. The Morgan fingerprint density at radius 1 is 0.864 bits per heavy atom. The highest BCUT2D eigenvalue weighted by Gasteiger charge is 2.26. The highest BCUT2D eigenvalue weighted by Crippen LogP contribution is 2.37. The quantitative estimate of drug-likeness (QED) is 0.631. The predicted octanol–water partition coefficient (Wildman–Crippen LogP) is 3.71. The first-order valence-corrected chi connectivity index (χ1v) is 8.14. The molecule has 0 unspecified atom stereocenters. The van der Waals surface area contributed by atoms with Gasteiger partial charge in [0.05, 0.1) is 16.7 Å². The Hall–Kier alpha value is -1.85. The third-order valence-corrected chi connectivity index (χ3v) is 4.63. The maximum atomic E-state index is 14.3. The first-order valence-electron chi connectivity index (χ1n) is 8.14. The van der Waals surface area contributed by atoms with E-state index >= 15 is 0 Å². The molecule has 2 aliphatic rings. The number of anilines is 2. The molecule has 0 saturated carbocycles. The number of nitro groups is 1. The average Bonchev–Trinajstić information content (AvgIpc) is 2.89. The zero-order chi connectivity index (χ0) is 15.5. The van der Waals surface area contributed by atoms with E-state index in [0.717, 1.165) is 70.8 Å². The Kier molecular flexibility index (Phi) is 4.45. The first-order chi connectivity index (χ1) is 10.7. The smallest absolute Gasteiger partial charge is 0.295 e. The second-order valence-electron chi connectivity index (χ2n) is 6.14. The summed E-state index contributed by atoms with van der Waals surface area (Å²) in [5.41, 5.74) is 0.986. The fraction of sp³-hybridized carbons (Fsp3) is 0.625. The number of hydrogen-bond donors (Lipinski definition) is 0. The van der Waals surface area contributed by atoms with Gasteiger partial charge in [0.25, 0.3) is 5.69 Å². The van der Waals surface area contributed by atoms with Crippen LogP contribution in [0.2, 0.25) is 0 Å². The van der Waals surface area contributed by atoms with Crippen LogP contribution in [-0.2, 0) is 0 Å². The van der Waals surface area contributed by atoms with Crippen LogP contribution in [0.4, 0.5) is 21.5 Å². The van der Waals surface area contributed by atoms with E-state index in [0.29, 0.717) is 11.4 Å². The van der Waals surface area contributed by atoms with E-state index in [1.54, 1.807) is 6.07 Å². The summed E-state index contributed by atoms with van der Waals surface area (Å²) >= 11 is 0. The zero-order valence-electron chi connectivity index (χ0n) is 12.8. The van der Waals surface area contributed by atoms with Gasteiger partial charge in [0, 0.05) is 26.2 Å². The molecule has 0 N–H and O–H groups in total. The standard InChI is InChI=1S/C16H22FN3O2/c17-13-11-16(20(21)22)15(19-7-3-1-2-4-8-19)12-14(13)18-9-5-6-10-18/h11-12H,1-10H2. The van der Waals surface area contributed by atoms with Crippen LogP contribution in [0.1, 0.15) is 38.5 Å². The summed E-state index contributed by atoms with van der Waals surface area (Å²) in [6.07, 6.45) is 6.49. The van der Waals surface area contributed by atoms with Crippen molar-refractivity contribution in [1.82, 2.24) is 0 Å². The lowest BCUT2D eigenvalue weighted by molar-refractivity contribution is -0.384. The van der Waals surface area contributed by atoms with Crippen LogP contribution in [0.5, 0.6) is 0 Å². The SMILES string of the molecule is O=[N+]([O-])c1cc(F)c(N2CCCC2)cc1N1CCCCCC1. The maximum Gasteiger partial charge on any atom is 0.295 e. The van der Waals surface area contributed by atoms with E-state index in [1.807, 2.05) is 4.90 Å². The third kappa shape index (κ3) is 3.00. The van der Waals surface area contributed by atoms with Crippen LogP contribution in [-0.4, -0.2) is 31.1 Å². The molecular weight excluding hydrogens is 285 g/mol. The molecule has 0 bridgehead atoms. The van der Waals surface area contributed by atoms with E-state index < -0.39 is 10.7 Å². The van der Waals surface area contributed by atoms with Gasteiger partial charge in [0.2, 0.25) is 0 Å². The van der Waals surface area contributed by atoms with Crippen molar-refractivity contribution in [3.05, 3.63) is 28.1 Å². The fourth-order valence-corrected chi connectivity index (χ4v) is 3.45. The predicted molar refractivity (Wildman–Crippen MR) is 85.2 cm³/mol. The Morgan fingerprint density at radius 3 is 1.91 bits per heavy atom. The molecule has 1 aromatic rings. The van der Waals surface area contributed by atoms with Crippen molar-refractivity contribution < 1.29 is 9.31 Å². The van der Waals surface area contributed by atoms with Gasteiger partial charge in [-0.15, -0.1) is 0 Å². The Balaban J connectivity index is 2.00. The number of halogens is 1. The minimum absolute atomic E-state index is 0.109. The summed E-state index contributed by atoms with van der Waals surface area (Å²) in [5.74, 6) is -0.479. The molecule has 0 atom stereocenters. The van der Waals surface area contributed by atoms with Gasteiger partial charge in [-0.3, -0.25) is 10.1 Å². The number of nitrogens with zero attached hydrogens (tertiary/aromatic N) is 3. The number of rotatable bonds is 3. The van der Waals surface area contributed by atoms with Gasteiger partial charge in [-0.1, -0.05) is 12.8 Å². The summed E-state index contributed by atoms with van der Waals surface area (Å²) in [5, 5.41) is 11.3. The van der Waals surface area contributed by atoms with E-state index in [-0.39, 0.29) is 5.69 Å². The van der Waals surface area contributed by atoms with E-state index in [9.17, 15) is 14.5 Å². The third-order valence-electron chi connectivity index (χ3n) is 4.63. The van der Waals surface area contributed by atoms with Gasteiger partial charge >= 0.3 is 0 Å².